The minimum Gasteiger partial charge on any atom is -0.497 e. The highest BCUT2D eigenvalue weighted by Crippen LogP contribution is 2.26. The third kappa shape index (κ3) is 5.89. The summed E-state index contributed by atoms with van der Waals surface area (Å²) in [6.07, 6.45) is 2.26. The largest absolute Gasteiger partial charge is 0.497 e. The second-order valence-corrected chi connectivity index (χ2v) is 9.09. The highest BCUT2D eigenvalue weighted by molar-refractivity contribution is 7.14. The van der Waals surface area contributed by atoms with Crippen molar-refractivity contribution in [1.82, 2.24) is 10.6 Å². The number of hydrogen-bond acceptors (Lipinski definition) is 4. The summed E-state index contributed by atoms with van der Waals surface area (Å²) < 4.78 is 5.28. The van der Waals surface area contributed by atoms with Gasteiger partial charge in [0.05, 0.1) is 18.7 Å². The van der Waals surface area contributed by atoms with Crippen LogP contribution >= 0.6 is 11.3 Å². The van der Waals surface area contributed by atoms with E-state index in [4.69, 9.17) is 9.73 Å². The molecule has 2 N–H and O–H groups in total. The predicted octanol–water partition coefficient (Wildman–Crippen LogP) is 4.26. The molecular formula is C23H34N4OS. The Kier molecular flexibility index (Phi) is 7.42. The van der Waals surface area contributed by atoms with Crippen molar-refractivity contribution < 1.29 is 4.74 Å². The van der Waals surface area contributed by atoms with Crippen LogP contribution in [0.15, 0.2) is 46.8 Å². The van der Waals surface area contributed by atoms with Crippen LogP contribution in [0, 0.1) is 0 Å². The summed E-state index contributed by atoms with van der Waals surface area (Å²) in [5, 5.41) is 10.6. The van der Waals surface area contributed by atoms with Crippen LogP contribution in [-0.2, 0) is 5.41 Å². The van der Waals surface area contributed by atoms with Crippen molar-refractivity contribution in [3.8, 4) is 5.75 Å². The number of hydrogen-bond donors (Lipinski definition) is 2. The SMILES string of the molecule is CCNC(=NCC(C)(C)c1ccc(OC)cc1)NC1CCN(c2cccs2)CC1. The molecule has 1 aromatic carbocycles. The van der Waals surface area contributed by atoms with E-state index in [-0.39, 0.29) is 5.41 Å². The molecule has 0 aliphatic carbocycles. The van der Waals surface area contributed by atoms with E-state index in [0.29, 0.717) is 6.04 Å². The highest BCUT2D eigenvalue weighted by atomic mass is 32.1. The minimum atomic E-state index is -0.0445. The molecule has 158 valence electrons. The number of nitrogens with one attached hydrogen (secondary N) is 2. The molecule has 0 bridgehead atoms. The molecule has 2 heterocycles. The topological polar surface area (TPSA) is 48.9 Å². The molecule has 0 saturated carbocycles. The lowest BCUT2D eigenvalue weighted by Crippen LogP contribution is -2.49. The van der Waals surface area contributed by atoms with Crippen LogP contribution in [0.25, 0.3) is 0 Å². The summed E-state index contributed by atoms with van der Waals surface area (Å²) in [5.74, 6) is 1.81. The quantitative estimate of drug-likeness (QED) is 0.525. The van der Waals surface area contributed by atoms with Crippen LogP contribution < -0.4 is 20.3 Å². The Bertz CT molecular complexity index is 763. The molecule has 0 radical (unpaired) electrons. The molecular weight excluding hydrogens is 380 g/mol. The molecule has 0 unspecified atom stereocenters. The number of rotatable bonds is 7. The summed E-state index contributed by atoms with van der Waals surface area (Å²) in [4.78, 5) is 7.40. The Morgan fingerprint density at radius 1 is 1.21 bits per heavy atom. The van der Waals surface area contributed by atoms with Gasteiger partial charge in [0.2, 0.25) is 0 Å². The average Bonchev–Trinajstić information content (AvgIpc) is 3.28. The van der Waals surface area contributed by atoms with Gasteiger partial charge in [0.25, 0.3) is 0 Å². The van der Waals surface area contributed by atoms with Crippen LogP contribution in [0.4, 0.5) is 5.00 Å². The zero-order valence-electron chi connectivity index (χ0n) is 18.1. The molecule has 6 heteroatoms. The second-order valence-electron chi connectivity index (χ2n) is 8.16. The summed E-state index contributed by atoms with van der Waals surface area (Å²) in [6.45, 7) is 10.4. The molecule has 0 amide bonds. The Hall–Kier alpha value is -2.21. The van der Waals surface area contributed by atoms with Crippen molar-refractivity contribution in [1.29, 1.82) is 0 Å². The lowest BCUT2D eigenvalue weighted by atomic mass is 9.85. The van der Waals surface area contributed by atoms with Crippen molar-refractivity contribution in [3.05, 3.63) is 47.3 Å². The first-order valence-electron chi connectivity index (χ1n) is 10.5. The highest BCUT2D eigenvalue weighted by Gasteiger charge is 2.23. The smallest absolute Gasteiger partial charge is 0.191 e. The fourth-order valence-electron chi connectivity index (χ4n) is 3.62. The molecule has 1 fully saturated rings. The minimum absolute atomic E-state index is 0.0445. The van der Waals surface area contributed by atoms with Crippen LogP contribution in [0.5, 0.6) is 5.75 Å². The molecule has 0 spiro atoms. The maximum Gasteiger partial charge on any atom is 0.191 e. The molecule has 29 heavy (non-hydrogen) atoms. The van der Waals surface area contributed by atoms with Gasteiger partial charge in [-0.25, -0.2) is 0 Å². The maximum atomic E-state index is 5.28. The Balaban J connectivity index is 1.57. The molecule has 2 aromatic rings. The molecule has 0 atom stereocenters. The number of thiophene rings is 1. The van der Waals surface area contributed by atoms with E-state index in [2.05, 4.69) is 66.0 Å². The zero-order valence-corrected chi connectivity index (χ0v) is 18.9. The summed E-state index contributed by atoms with van der Waals surface area (Å²) in [6, 6.07) is 13.1. The number of nitrogens with zero attached hydrogens (tertiary/aromatic N) is 2. The average molecular weight is 415 g/mol. The lowest BCUT2D eigenvalue weighted by molar-refractivity contribution is 0.414. The predicted molar refractivity (Wildman–Crippen MR) is 125 cm³/mol. The van der Waals surface area contributed by atoms with E-state index in [1.165, 1.54) is 10.6 Å². The Morgan fingerprint density at radius 3 is 2.52 bits per heavy atom. The van der Waals surface area contributed by atoms with Crippen molar-refractivity contribution >= 4 is 22.3 Å². The Labute approximate surface area is 179 Å². The number of aliphatic imine (C=N–C) groups is 1. The fraction of sp³-hybridized carbons (Fsp3) is 0.522. The van der Waals surface area contributed by atoms with Crippen molar-refractivity contribution in [2.45, 2.75) is 45.1 Å². The number of benzene rings is 1. The first-order valence-corrected chi connectivity index (χ1v) is 11.4. The van der Waals surface area contributed by atoms with E-state index in [1.807, 2.05) is 23.5 Å². The van der Waals surface area contributed by atoms with Crippen LogP contribution in [0.2, 0.25) is 0 Å². The van der Waals surface area contributed by atoms with E-state index >= 15 is 0 Å². The molecule has 1 saturated heterocycles. The van der Waals surface area contributed by atoms with Gasteiger partial charge in [-0.2, -0.15) is 0 Å². The van der Waals surface area contributed by atoms with Crippen molar-refractivity contribution in [2.75, 3.05) is 38.2 Å². The van der Waals surface area contributed by atoms with Gasteiger partial charge in [0.1, 0.15) is 5.75 Å². The van der Waals surface area contributed by atoms with E-state index < -0.39 is 0 Å². The molecule has 5 nitrogen and oxygen atoms in total. The number of ether oxygens (including phenoxy) is 1. The molecule has 1 aromatic heterocycles. The van der Waals surface area contributed by atoms with Gasteiger partial charge >= 0.3 is 0 Å². The lowest BCUT2D eigenvalue weighted by Gasteiger charge is -2.34. The van der Waals surface area contributed by atoms with E-state index in [1.54, 1.807) is 7.11 Å². The third-order valence-corrected chi connectivity index (χ3v) is 6.43. The fourth-order valence-corrected chi connectivity index (χ4v) is 4.40. The summed E-state index contributed by atoms with van der Waals surface area (Å²) in [5.41, 5.74) is 1.22. The van der Waals surface area contributed by atoms with E-state index in [0.717, 1.165) is 50.7 Å². The zero-order chi connectivity index (χ0) is 20.7. The molecule has 1 aliphatic heterocycles. The second kappa shape index (κ2) is 10.0. The van der Waals surface area contributed by atoms with Gasteiger partial charge < -0.3 is 20.3 Å². The van der Waals surface area contributed by atoms with Crippen LogP contribution in [0.3, 0.4) is 0 Å². The summed E-state index contributed by atoms with van der Waals surface area (Å²) in [7, 11) is 1.70. The number of guanidine groups is 1. The number of piperidine rings is 1. The Morgan fingerprint density at radius 2 is 1.93 bits per heavy atom. The third-order valence-electron chi connectivity index (χ3n) is 5.50. The van der Waals surface area contributed by atoms with Gasteiger partial charge in [-0.1, -0.05) is 26.0 Å². The van der Waals surface area contributed by atoms with Gasteiger partial charge in [0.15, 0.2) is 5.96 Å². The van der Waals surface area contributed by atoms with Gasteiger partial charge in [0, 0.05) is 31.1 Å². The molecule has 1 aliphatic rings. The number of methoxy groups -OCH3 is 1. The summed E-state index contributed by atoms with van der Waals surface area (Å²) >= 11 is 1.83. The van der Waals surface area contributed by atoms with Gasteiger partial charge in [-0.15, -0.1) is 11.3 Å². The number of anilines is 1. The van der Waals surface area contributed by atoms with Crippen LogP contribution in [0.1, 0.15) is 39.2 Å². The first kappa shape index (κ1) is 21.5. The van der Waals surface area contributed by atoms with Crippen LogP contribution in [-0.4, -0.2) is 45.3 Å². The molecule has 3 rings (SSSR count). The monoisotopic (exact) mass is 414 g/mol. The van der Waals surface area contributed by atoms with Gasteiger partial charge in [-0.05, 0) is 55.0 Å². The normalized spacial score (nSPS) is 16.0. The van der Waals surface area contributed by atoms with E-state index in [9.17, 15) is 0 Å². The first-order chi connectivity index (χ1) is 14.0. The van der Waals surface area contributed by atoms with Crippen molar-refractivity contribution in [2.24, 2.45) is 4.99 Å². The maximum absolute atomic E-state index is 5.28. The van der Waals surface area contributed by atoms with Crippen molar-refractivity contribution in [3.63, 3.8) is 0 Å². The van der Waals surface area contributed by atoms with Gasteiger partial charge in [-0.3, -0.25) is 4.99 Å². The standard InChI is InChI=1S/C23H34N4OS/c1-5-24-22(25-17-23(2,3)18-8-10-20(28-4)11-9-18)26-19-12-14-27(15-13-19)21-7-6-16-29-21/h6-11,16,19H,5,12-15,17H2,1-4H3,(H2,24,25,26).